The molecule has 0 aliphatic heterocycles. The van der Waals surface area contributed by atoms with E-state index in [0.717, 1.165) is 35.1 Å². The van der Waals surface area contributed by atoms with Gasteiger partial charge in [-0.1, -0.05) is 47.1 Å². The lowest BCUT2D eigenvalue weighted by Crippen LogP contribution is -2.20. The molecule has 4 aromatic rings. The Balaban J connectivity index is 1.46. The van der Waals surface area contributed by atoms with E-state index >= 15 is 0 Å². The molecule has 0 atom stereocenters. The predicted molar refractivity (Wildman–Crippen MR) is 135 cm³/mol. The van der Waals surface area contributed by atoms with Crippen LogP contribution in [0, 0.1) is 0 Å². The van der Waals surface area contributed by atoms with Crippen LogP contribution in [0.5, 0.6) is 0 Å². The van der Waals surface area contributed by atoms with Gasteiger partial charge in [0.15, 0.2) is 11.0 Å². The number of nitrogens with zero attached hydrogens (tertiary/aromatic N) is 4. The van der Waals surface area contributed by atoms with Gasteiger partial charge >= 0.3 is 6.18 Å². The molecule has 36 heavy (non-hydrogen) atoms. The van der Waals surface area contributed by atoms with E-state index in [0.29, 0.717) is 26.6 Å². The first-order chi connectivity index (χ1) is 17.2. The second-order valence-electron chi connectivity index (χ2n) is 7.33. The molecular weight excluding hydrogens is 534 g/mol. The van der Waals surface area contributed by atoms with Crippen molar-refractivity contribution in [2.75, 3.05) is 5.75 Å². The Morgan fingerprint density at radius 2 is 1.56 bits per heavy atom. The first-order valence-electron chi connectivity index (χ1n) is 10.3. The highest BCUT2D eigenvalue weighted by Gasteiger charge is 2.29. The molecule has 1 heterocycles. The van der Waals surface area contributed by atoms with Crippen LogP contribution in [0.1, 0.15) is 11.1 Å². The number of carbonyl (C=O) groups is 1. The van der Waals surface area contributed by atoms with Crippen molar-refractivity contribution in [2.24, 2.45) is 5.10 Å². The normalized spacial score (nSPS) is 11.7. The number of hydrogen-bond acceptors (Lipinski definition) is 5. The van der Waals surface area contributed by atoms with Gasteiger partial charge in [0.25, 0.3) is 5.91 Å². The molecule has 6 nitrogen and oxygen atoms in total. The van der Waals surface area contributed by atoms with Crippen molar-refractivity contribution in [1.82, 2.24) is 20.2 Å². The number of aromatic nitrogens is 3. The maximum atomic E-state index is 12.7. The average Bonchev–Trinajstić information content (AvgIpc) is 3.27. The van der Waals surface area contributed by atoms with Crippen molar-refractivity contribution in [1.29, 1.82) is 0 Å². The molecule has 0 bridgehead atoms. The minimum Gasteiger partial charge on any atom is -0.272 e. The van der Waals surface area contributed by atoms with E-state index in [9.17, 15) is 18.0 Å². The van der Waals surface area contributed by atoms with E-state index in [-0.39, 0.29) is 5.75 Å². The molecule has 0 saturated carbocycles. The molecule has 184 valence electrons. The van der Waals surface area contributed by atoms with E-state index in [1.54, 1.807) is 28.8 Å². The monoisotopic (exact) mass is 549 g/mol. The molecule has 1 amide bonds. The number of nitrogens with one attached hydrogen (secondary N) is 1. The number of rotatable bonds is 7. The lowest BCUT2D eigenvalue weighted by atomic mass is 10.1. The zero-order chi connectivity index (χ0) is 25.7. The molecule has 12 heteroatoms. The van der Waals surface area contributed by atoms with Crippen LogP contribution in [0.4, 0.5) is 13.2 Å². The first-order valence-corrected chi connectivity index (χ1v) is 12.0. The molecule has 0 unspecified atom stereocenters. The highest BCUT2D eigenvalue weighted by atomic mass is 35.5. The molecule has 0 saturated heterocycles. The third-order valence-corrected chi connectivity index (χ3v) is 6.23. The maximum absolute atomic E-state index is 12.7. The van der Waals surface area contributed by atoms with E-state index in [1.165, 1.54) is 18.3 Å². The number of halogens is 5. The van der Waals surface area contributed by atoms with Crippen LogP contribution in [0.25, 0.3) is 17.1 Å². The molecule has 1 N–H and O–H groups in total. The van der Waals surface area contributed by atoms with Crippen molar-refractivity contribution < 1.29 is 18.0 Å². The van der Waals surface area contributed by atoms with Gasteiger partial charge in [0, 0.05) is 21.3 Å². The van der Waals surface area contributed by atoms with Gasteiger partial charge in [0.1, 0.15) is 0 Å². The van der Waals surface area contributed by atoms with E-state index in [1.807, 2.05) is 24.3 Å². The zero-order valence-corrected chi connectivity index (χ0v) is 20.5. The summed E-state index contributed by atoms with van der Waals surface area (Å²) >= 11 is 13.2. The molecule has 3 aromatic carbocycles. The second-order valence-corrected chi connectivity index (χ2v) is 9.14. The van der Waals surface area contributed by atoms with Crippen molar-refractivity contribution >= 4 is 47.1 Å². The SMILES string of the molecule is O=C(CSc1nnc(-c2ccc(Cl)cc2)n1-c1ccc(Cl)cc1)N/N=C/c1ccc(C(F)(F)F)cc1. The summed E-state index contributed by atoms with van der Waals surface area (Å²) in [7, 11) is 0. The van der Waals surface area contributed by atoms with Crippen LogP contribution in [-0.2, 0) is 11.0 Å². The largest absolute Gasteiger partial charge is 0.416 e. The topological polar surface area (TPSA) is 72.2 Å². The Kier molecular flexibility index (Phi) is 7.97. The first kappa shape index (κ1) is 25.7. The zero-order valence-electron chi connectivity index (χ0n) is 18.2. The third-order valence-electron chi connectivity index (χ3n) is 4.79. The van der Waals surface area contributed by atoms with E-state index in [2.05, 4.69) is 20.7 Å². The second kappa shape index (κ2) is 11.2. The van der Waals surface area contributed by atoms with Crippen molar-refractivity contribution in [2.45, 2.75) is 11.3 Å². The number of carbonyl (C=O) groups excluding carboxylic acids is 1. The van der Waals surface area contributed by atoms with Crippen molar-refractivity contribution in [3.63, 3.8) is 0 Å². The maximum Gasteiger partial charge on any atom is 0.416 e. The number of amides is 1. The molecule has 1 aromatic heterocycles. The van der Waals surface area contributed by atoms with Crippen LogP contribution in [0.2, 0.25) is 10.0 Å². The van der Waals surface area contributed by atoms with Crippen LogP contribution in [-0.4, -0.2) is 32.6 Å². The molecule has 0 aliphatic carbocycles. The summed E-state index contributed by atoms with van der Waals surface area (Å²) in [6.07, 6.45) is -3.15. The Bertz CT molecular complexity index is 1370. The summed E-state index contributed by atoms with van der Waals surface area (Å²) in [5.74, 6) is 0.0931. The van der Waals surface area contributed by atoms with Crippen LogP contribution >= 0.6 is 35.0 Å². The fraction of sp³-hybridized carbons (Fsp3) is 0.0833. The smallest absolute Gasteiger partial charge is 0.272 e. The van der Waals surface area contributed by atoms with Gasteiger partial charge in [-0.25, -0.2) is 5.43 Å². The number of alkyl halides is 3. The molecular formula is C24H16Cl2F3N5OS. The quantitative estimate of drug-likeness (QED) is 0.162. The highest BCUT2D eigenvalue weighted by molar-refractivity contribution is 7.99. The summed E-state index contributed by atoms with van der Waals surface area (Å²) in [6, 6.07) is 18.6. The lowest BCUT2D eigenvalue weighted by Gasteiger charge is -2.10. The summed E-state index contributed by atoms with van der Waals surface area (Å²) < 4.78 is 39.8. The summed E-state index contributed by atoms with van der Waals surface area (Å²) in [5, 5.41) is 14.0. The highest BCUT2D eigenvalue weighted by Crippen LogP contribution is 2.30. The van der Waals surface area contributed by atoms with E-state index in [4.69, 9.17) is 23.2 Å². The van der Waals surface area contributed by atoms with E-state index < -0.39 is 17.6 Å². The fourth-order valence-corrected chi connectivity index (χ4v) is 4.07. The molecule has 0 aliphatic rings. The molecule has 0 radical (unpaired) electrons. The predicted octanol–water partition coefficient (Wildman–Crippen LogP) is 6.50. The summed E-state index contributed by atoms with van der Waals surface area (Å²) in [5.41, 5.74) is 3.53. The van der Waals surface area contributed by atoms with Gasteiger partial charge in [0.2, 0.25) is 0 Å². The molecule has 0 spiro atoms. The van der Waals surface area contributed by atoms with Crippen LogP contribution in [0.3, 0.4) is 0 Å². The number of hydrazone groups is 1. The average molecular weight is 550 g/mol. The van der Waals surface area contributed by atoms with Gasteiger partial charge in [-0.05, 0) is 66.2 Å². The minimum absolute atomic E-state index is 0.0311. The molecule has 0 fully saturated rings. The number of benzene rings is 3. The molecule has 4 rings (SSSR count). The van der Waals surface area contributed by atoms with Gasteiger partial charge in [-0.2, -0.15) is 18.3 Å². The Labute approximate surface area is 218 Å². The fourth-order valence-electron chi connectivity index (χ4n) is 3.07. The van der Waals surface area contributed by atoms with Crippen LogP contribution < -0.4 is 5.43 Å². The Morgan fingerprint density at radius 1 is 0.944 bits per heavy atom. The van der Waals surface area contributed by atoms with Gasteiger partial charge in [0.05, 0.1) is 17.5 Å². The Morgan fingerprint density at radius 3 is 2.17 bits per heavy atom. The van der Waals surface area contributed by atoms with Gasteiger partial charge in [-0.3, -0.25) is 9.36 Å². The lowest BCUT2D eigenvalue weighted by molar-refractivity contribution is -0.137. The Hall–Kier alpha value is -3.34. The van der Waals surface area contributed by atoms with Gasteiger partial charge in [-0.15, -0.1) is 10.2 Å². The number of thioether (sulfide) groups is 1. The van der Waals surface area contributed by atoms with Crippen LogP contribution in [0.15, 0.2) is 83.1 Å². The summed E-state index contributed by atoms with van der Waals surface area (Å²) in [6.45, 7) is 0. The third kappa shape index (κ3) is 6.45. The minimum atomic E-state index is -4.42. The standard InChI is InChI=1S/C24H16Cl2F3N5OS/c25-18-7-3-16(4-8-18)22-32-33-23(34(22)20-11-9-19(26)10-12-20)36-14-21(35)31-30-13-15-1-5-17(6-2-15)24(27,28)29/h1-13H,14H2,(H,31,35)/b30-13+. The number of hydrogen-bond donors (Lipinski definition) is 1. The van der Waals surface area contributed by atoms with Crippen molar-refractivity contribution in [3.8, 4) is 17.1 Å². The summed E-state index contributed by atoms with van der Waals surface area (Å²) in [4.78, 5) is 12.3. The van der Waals surface area contributed by atoms with Gasteiger partial charge < -0.3 is 0 Å². The van der Waals surface area contributed by atoms with Crippen molar-refractivity contribution in [3.05, 3.63) is 94.0 Å².